The van der Waals surface area contributed by atoms with Crippen LogP contribution >= 0.6 is 0 Å². The second-order valence-corrected chi connectivity index (χ2v) is 3.49. The second kappa shape index (κ2) is 5.30. The van der Waals surface area contributed by atoms with Crippen LogP contribution in [0.4, 0.5) is 4.39 Å². The van der Waals surface area contributed by atoms with Crippen molar-refractivity contribution in [3.05, 3.63) is 41.9 Å². The average molecular weight is 223 g/mol. The Labute approximate surface area is 94.1 Å². The summed E-state index contributed by atoms with van der Waals surface area (Å²) in [6.07, 6.45) is 3.01. The zero-order valence-electron chi connectivity index (χ0n) is 9.53. The minimum atomic E-state index is -0.536. The van der Waals surface area contributed by atoms with E-state index in [-0.39, 0.29) is 11.5 Å². The smallest absolute Gasteiger partial charge is 0.187 e. The highest BCUT2D eigenvalue weighted by Crippen LogP contribution is 2.18. The van der Waals surface area contributed by atoms with Crippen molar-refractivity contribution >= 4 is 5.78 Å². The molecule has 0 aliphatic rings. The molecule has 0 aliphatic carbocycles. The van der Waals surface area contributed by atoms with E-state index >= 15 is 0 Å². The maximum atomic E-state index is 13.3. The van der Waals surface area contributed by atoms with Crippen LogP contribution in [-0.2, 0) is 0 Å². The van der Waals surface area contributed by atoms with Crippen molar-refractivity contribution in [1.29, 1.82) is 0 Å². The number of nitrogens with zero attached hydrogens (tertiary/aromatic N) is 1. The second-order valence-electron chi connectivity index (χ2n) is 3.49. The fraction of sp³-hybridized carbons (Fsp3) is 0.250. The molecule has 1 rings (SSSR count). The molecule has 0 fully saturated rings. The number of carbonyl (C=O) groups is 1. The lowest BCUT2D eigenvalue weighted by Gasteiger charge is -2.04. The molecule has 0 bridgehead atoms. The van der Waals surface area contributed by atoms with E-state index in [2.05, 4.69) is 0 Å². The fourth-order valence-corrected chi connectivity index (χ4v) is 1.13. The molecule has 0 spiro atoms. The zero-order chi connectivity index (χ0) is 12.1. The summed E-state index contributed by atoms with van der Waals surface area (Å²) in [5.41, 5.74) is 0.302. The molecule has 0 atom stereocenters. The first-order valence-corrected chi connectivity index (χ1v) is 4.77. The summed E-state index contributed by atoms with van der Waals surface area (Å²) in [4.78, 5) is 13.3. The molecule has 0 amide bonds. The molecule has 16 heavy (non-hydrogen) atoms. The number of hydrogen-bond donors (Lipinski definition) is 0. The Morgan fingerprint density at radius 2 is 2.12 bits per heavy atom. The number of halogens is 1. The standard InChI is InChI=1S/C12H14FNO2/c1-14(2)7-6-11(15)9-4-5-12(16-3)10(13)8-9/h4-8H,1-3H3. The fourth-order valence-electron chi connectivity index (χ4n) is 1.13. The van der Waals surface area contributed by atoms with Gasteiger partial charge in [0.15, 0.2) is 17.3 Å². The van der Waals surface area contributed by atoms with E-state index in [9.17, 15) is 9.18 Å². The van der Waals surface area contributed by atoms with Gasteiger partial charge in [-0.3, -0.25) is 4.79 Å². The van der Waals surface area contributed by atoms with Gasteiger partial charge in [-0.05, 0) is 18.2 Å². The van der Waals surface area contributed by atoms with Gasteiger partial charge in [0.2, 0.25) is 0 Å². The minimum absolute atomic E-state index is 0.133. The lowest BCUT2D eigenvalue weighted by Crippen LogP contribution is -2.03. The molecule has 1 aromatic carbocycles. The SMILES string of the molecule is COc1ccc(C(=O)C=CN(C)C)cc1F. The first-order valence-electron chi connectivity index (χ1n) is 4.77. The Balaban J connectivity index is 2.89. The number of rotatable bonds is 4. The summed E-state index contributed by atoms with van der Waals surface area (Å²) in [6.45, 7) is 0. The van der Waals surface area contributed by atoms with Gasteiger partial charge < -0.3 is 9.64 Å². The Bertz CT molecular complexity index is 413. The van der Waals surface area contributed by atoms with Gasteiger partial charge in [-0.15, -0.1) is 0 Å². The van der Waals surface area contributed by atoms with Crippen LogP contribution in [0.2, 0.25) is 0 Å². The van der Waals surface area contributed by atoms with Crippen LogP contribution in [0, 0.1) is 5.82 Å². The minimum Gasteiger partial charge on any atom is -0.494 e. The molecule has 86 valence electrons. The number of ketones is 1. The molecular formula is C12H14FNO2. The zero-order valence-corrected chi connectivity index (χ0v) is 9.53. The van der Waals surface area contributed by atoms with E-state index in [1.807, 2.05) is 0 Å². The van der Waals surface area contributed by atoms with E-state index in [0.29, 0.717) is 5.56 Å². The lowest BCUT2D eigenvalue weighted by atomic mass is 10.1. The number of hydrogen-bond acceptors (Lipinski definition) is 3. The van der Waals surface area contributed by atoms with Gasteiger partial charge in [-0.2, -0.15) is 0 Å². The van der Waals surface area contributed by atoms with Gasteiger partial charge in [0.25, 0.3) is 0 Å². The molecule has 0 N–H and O–H groups in total. The summed E-state index contributed by atoms with van der Waals surface area (Å²) >= 11 is 0. The van der Waals surface area contributed by atoms with Crippen molar-refractivity contribution in [2.45, 2.75) is 0 Å². The molecule has 3 nitrogen and oxygen atoms in total. The summed E-state index contributed by atoms with van der Waals surface area (Å²) < 4.78 is 18.1. The van der Waals surface area contributed by atoms with Crippen molar-refractivity contribution in [3.63, 3.8) is 0 Å². The highest BCUT2D eigenvalue weighted by molar-refractivity contribution is 6.04. The van der Waals surface area contributed by atoms with Gasteiger partial charge in [0.05, 0.1) is 7.11 Å². The maximum absolute atomic E-state index is 13.3. The van der Waals surface area contributed by atoms with Crippen molar-refractivity contribution in [2.24, 2.45) is 0 Å². The summed E-state index contributed by atoms with van der Waals surface area (Å²) in [5, 5.41) is 0. The summed E-state index contributed by atoms with van der Waals surface area (Å²) in [6, 6.07) is 4.14. The Morgan fingerprint density at radius 1 is 1.44 bits per heavy atom. The van der Waals surface area contributed by atoms with Crippen molar-refractivity contribution in [2.75, 3.05) is 21.2 Å². The largest absolute Gasteiger partial charge is 0.494 e. The third-order valence-electron chi connectivity index (χ3n) is 1.96. The van der Waals surface area contributed by atoms with Crippen LogP contribution in [0.3, 0.4) is 0 Å². The van der Waals surface area contributed by atoms with Crippen LogP contribution in [0.15, 0.2) is 30.5 Å². The average Bonchev–Trinajstić information content (AvgIpc) is 2.25. The number of methoxy groups -OCH3 is 1. The Kier molecular flexibility index (Phi) is 4.05. The quantitative estimate of drug-likeness (QED) is 0.578. The van der Waals surface area contributed by atoms with Crippen LogP contribution in [-0.4, -0.2) is 31.9 Å². The van der Waals surface area contributed by atoms with Crippen LogP contribution in [0.5, 0.6) is 5.75 Å². The van der Waals surface area contributed by atoms with Gasteiger partial charge in [-0.25, -0.2) is 4.39 Å². The van der Waals surface area contributed by atoms with E-state index in [4.69, 9.17) is 4.74 Å². The summed E-state index contributed by atoms with van der Waals surface area (Å²) in [7, 11) is 4.99. The van der Waals surface area contributed by atoms with E-state index in [1.165, 1.54) is 31.4 Å². The first-order chi connectivity index (χ1) is 7.54. The monoisotopic (exact) mass is 223 g/mol. The van der Waals surface area contributed by atoms with Gasteiger partial charge in [0.1, 0.15) is 0 Å². The predicted octanol–water partition coefficient (Wildman–Crippen LogP) is 2.09. The molecule has 0 unspecified atom stereocenters. The van der Waals surface area contributed by atoms with E-state index in [1.54, 1.807) is 25.2 Å². The number of ether oxygens (including phenoxy) is 1. The maximum Gasteiger partial charge on any atom is 0.187 e. The molecular weight excluding hydrogens is 209 g/mol. The van der Waals surface area contributed by atoms with Crippen LogP contribution in [0.1, 0.15) is 10.4 Å². The molecule has 0 heterocycles. The van der Waals surface area contributed by atoms with E-state index in [0.717, 1.165) is 0 Å². The molecule has 0 aromatic heterocycles. The number of allylic oxidation sites excluding steroid dienone is 1. The number of benzene rings is 1. The third-order valence-corrected chi connectivity index (χ3v) is 1.96. The van der Waals surface area contributed by atoms with E-state index < -0.39 is 5.82 Å². The van der Waals surface area contributed by atoms with Crippen molar-refractivity contribution in [3.8, 4) is 5.75 Å². The van der Waals surface area contributed by atoms with Crippen LogP contribution in [0.25, 0.3) is 0 Å². The highest BCUT2D eigenvalue weighted by Gasteiger charge is 2.07. The van der Waals surface area contributed by atoms with Gasteiger partial charge in [-0.1, -0.05) is 0 Å². The predicted molar refractivity (Wildman–Crippen MR) is 60.1 cm³/mol. The topological polar surface area (TPSA) is 29.5 Å². The van der Waals surface area contributed by atoms with Gasteiger partial charge >= 0.3 is 0 Å². The third kappa shape index (κ3) is 3.08. The van der Waals surface area contributed by atoms with Crippen molar-refractivity contribution in [1.82, 2.24) is 4.90 Å². The summed E-state index contributed by atoms with van der Waals surface area (Å²) in [5.74, 6) is -0.644. The number of carbonyl (C=O) groups excluding carboxylic acids is 1. The molecule has 0 saturated heterocycles. The Hall–Kier alpha value is -1.84. The molecule has 4 heteroatoms. The van der Waals surface area contributed by atoms with Crippen molar-refractivity contribution < 1.29 is 13.9 Å². The molecule has 0 aliphatic heterocycles. The first kappa shape index (κ1) is 12.2. The molecule has 1 aromatic rings. The Morgan fingerprint density at radius 3 is 2.62 bits per heavy atom. The lowest BCUT2D eigenvalue weighted by molar-refractivity contribution is 0.104. The molecule has 0 radical (unpaired) electrons. The highest BCUT2D eigenvalue weighted by atomic mass is 19.1. The van der Waals surface area contributed by atoms with Crippen LogP contribution < -0.4 is 4.74 Å². The molecule has 0 saturated carbocycles. The normalized spacial score (nSPS) is 10.5. The van der Waals surface area contributed by atoms with Gasteiger partial charge in [0, 0.05) is 31.9 Å².